The molecule has 0 aromatic heterocycles. The Morgan fingerprint density at radius 3 is 2.32 bits per heavy atom. The van der Waals surface area contributed by atoms with Crippen molar-refractivity contribution in [1.29, 1.82) is 0 Å². The number of hydrogen-bond acceptors (Lipinski definition) is 3. The molecule has 4 nitrogen and oxygen atoms in total. The minimum absolute atomic E-state index is 0.000829. The van der Waals surface area contributed by atoms with Crippen LogP contribution in [-0.2, 0) is 6.54 Å². The maximum atomic E-state index is 11.8. The number of nitrogens with one attached hydrogen (secondary N) is 1. The first-order valence-corrected chi connectivity index (χ1v) is 9.07. The van der Waals surface area contributed by atoms with Gasteiger partial charge in [-0.25, -0.2) is 0 Å². The van der Waals surface area contributed by atoms with E-state index in [1.807, 2.05) is 19.1 Å². The zero-order valence-electron chi connectivity index (χ0n) is 15.2. The predicted octanol–water partition coefficient (Wildman–Crippen LogP) is 3.07. The molecule has 1 heterocycles. The summed E-state index contributed by atoms with van der Waals surface area (Å²) in [6.45, 7) is 9.95. The zero-order chi connectivity index (χ0) is 17.6. The van der Waals surface area contributed by atoms with Crippen LogP contribution in [0, 0.1) is 6.92 Å². The van der Waals surface area contributed by atoms with E-state index in [4.69, 9.17) is 0 Å². The van der Waals surface area contributed by atoms with Gasteiger partial charge in [-0.05, 0) is 43.2 Å². The number of aryl methyl sites for hydroxylation is 1. The lowest BCUT2D eigenvalue weighted by molar-refractivity contribution is 0.0956. The number of anilines is 1. The fourth-order valence-corrected chi connectivity index (χ4v) is 3.35. The summed E-state index contributed by atoms with van der Waals surface area (Å²) in [7, 11) is 0. The number of benzene rings is 2. The van der Waals surface area contributed by atoms with Crippen LogP contribution in [0.25, 0.3) is 0 Å². The molecule has 1 N–H and O–H groups in total. The van der Waals surface area contributed by atoms with E-state index < -0.39 is 0 Å². The molecule has 4 heteroatoms. The van der Waals surface area contributed by atoms with Gasteiger partial charge < -0.3 is 10.2 Å². The van der Waals surface area contributed by atoms with Crippen molar-refractivity contribution in [3.8, 4) is 0 Å². The number of piperazine rings is 1. The number of para-hydroxylation sites is 1. The van der Waals surface area contributed by atoms with E-state index in [0.717, 1.165) is 38.3 Å². The van der Waals surface area contributed by atoms with Gasteiger partial charge in [0.2, 0.25) is 0 Å². The maximum absolute atomic E-state index is 11.8. The van der Waals surface area contributed by atoms with Crippen molar-refractivity contribution < 1.29 is 4.79 Å². The van der Waals surface area contributed by atoms with Crippen LogP contribution < -0.4 is 10.2 Å². The average molecular weight is 337 g/mol. The predicted molar refractivity (Wildman–Crippen MR) is 103 cm³/mol. The Labute approximate surface area is 150 Å². The van der Waals surface area contributed by atoms with E-state index in [9.17, 15) is 4.79 Å². The van der Waals surface area contributed by atoms with Crippen molar-refractivity contribution in [1.82, 2.24) is 10.2 Å². The van der Waals surface area contributed by atoms with Crippen molar-refractivity contribution in [2.75, 3.05) is 37.6 Å². The van der Waals surface area contributed by atoms with Gasteiger partial charge in [0.25, 0.3) is 5.91 Å². The minimum Gasteiger partial charge on any atom is -0.369 e. The largest absolute Gasteiger partial charge is 0.369 e. The Morgan fingerprint density at radius 1 is 1.00 bits per heavy atom. The Hall–Kier alpha value is -2.33. The molecule has 0 bridgehead atoms. The van der Waals surface area contributed by atoms with Gasteiger partial charge in [0.15, 0.2) is 0 Å². The maximum Gasteiger partial charge on any atom is 0.251 e. The fourth-order valence-electron chi connectivity index (χ4n) is 3.35. The van der Waals surface area contributed by atoms with Crippen LogP contribution >= 0.6 is 0 Å². The Morgan fingerprint density at radius 2 is 1.68 bits per heavy atom. The van der Waals surface area contributed by atoms with Crippen molar-refractivity contribution in [2.45, 2.75) is 20.4 Å². The Balaban J connectivity index is 1.54. The second-order valence-electron chi connectivity index (χ2n) is 6.61. The molecule has 2 aromatic rings. The third-order valence-electron chi connectivity index (χ3n) is 4.79. The first kappa shape index (κ1) is 17.5. The van der Waals surface area contributed by atoms with E-state index in [-0.39, 0.29) is 5.91 Å². The van der Waals surface area contributed by atoms with Crippen molar-refractivity contribution in [2.24, 2.45) is 0 Å². The van der Waals surface area contributed by atoms with Crippen LogP contribution in [0.1, 0.15) is 28.4 Å². The van der Waals surface area contributed by atoms with Gasteiger partial charge in [0.1, 0.15) is 0 Å². The highest BCUT2D eigenvalue weighted by Crippen LogP contribution is 2.21. The first-order valence-electron chi connectivity index (χ1n) is 9.07. The SMILES string of the molecule is CCNC(=O)c1ccc(CN2CCN(c3ccccc3C)CC2)cc1. The molecule has 0 atom stereocenters. The third-order valence-corrected chi connectivity index (χ3v) is 4.79. The molecule has 2 aromatic carbocycles. The summed E-state index contributed by atoms with van der Waals surface area (Å²) in [6.07, 6.45) is 0. The van der Waals surface area contributed by atoms with Gasteiger partial charge in [-0.15, -0.1) is 0 Å². The highest BCUT2D eigenvalue weighted by Gasteiger charge is 2.18. The lowest BCUT2D eigenvalue weighted by atomic mass is 10.1. The number of nitrogens with zero attached hydrogens (tertiary/aromatic N) is 2. The Kier molecular flexibility index (Phi) is 5.71. The van der Waals surface area contributed by atoms with Gasteiger partial charge in [0.05, 0.1) is 0 Å². The third kappa shape index (κ3) is 4.40. The second-order valence-corrected chi connectivity index (χ2v) is 6.61. The first-order chi connectivity index (χ1) is 12.2. The molecular weight excluding hydrogens is 310 g/mol. The molecule has 1 saturated heterocycles. The molecule has 132 valence electrons. The summed E-state index contributed by atoms with van der Waals surface area (Å²) < 4.78 is 0. The van der Waals surface area contributed by atoms with Gasteiger partial charge in [-0.1, -0.05) is 30.3 Å². The van der Waals surface area contributed by atoms with Crippen LogP contribution in [0.4, 0.5) is 5.69 Å². The van der Waals surface area contributed by atoms with E-state index >= 15 is 0 Å². The van der Waals surface area contributed by atoms with E-state index in [1.165, 1.54) is 16.8 Å². The lowest BCUT2D eigenvalue weighted by Gasteiger charge is -2.36. The molecule has 0 radical (unpaired) electrons. The summed E-state index contributed by atoms with van der Waals surface area (Å²) in [5.74, 6) is 0.000829. The topological polar surface area (TPSA) is 35.6 Å². The Bertz CT molecular complexity index is 703. The molecule has 25 heavy (non-hydrogen) atoms. The normalized spacial score (nSPS) is 15.2. The monoisotopic (exact) mass is 337 g/mol. The highest BCUT2D eigenvalue weighted by molar-refractivity contribution is 5.94. The van der Waals surface area contributed by atoms with Crippen molar-refractivity contribution >= 4 is 11.6 Å². The number of rotatable bonds is 5. The van der Waals surface area contributed by atoms with E-state index in [2.05, 4.69) is 58.4 Å². The molecule has 1 aliphatic heterocycles. The average Bonchev–Trinajstić information content (AvgIpc) is 2.64. The highest BCUT2D eigenvalue weighted by atomic mass is 16.1. The molecule has 0 aliphatic carbocycles. The molecule has 1 fully saturated rings. The molecular formula is C21H27N3O. The second kappa shape index (κ2) is 8.17. The summed E-state index contributed by atoms with van der Waals surface area (Å²) in [5.41, 5.74) is 4.69. The molecule has 0 saturated carbocycles. The van der Waals surface area contributed by atoms with Crippen molar-refractivity contribution in [3.63, 3.8) is 0 Å². The van der Waals surface area contributed by atoms with Crippen molar-refractivity contribution in [3.05, 3.63) is 65.2 Å². The number of carbonyl (C=O) groups excluding carboxylic acids is 1. The van der Waals surface area contributed by atoms with Crippen LogP contribution in [0.2, 0.25) is 0 Å². The summed E-state index contributed by atoms with van der Waals surface area (Å²) in [6, 6.07) is 16.6. The van der Waals surface area contributed by atoms with Gasteiger partial charge in [-0.3, -0.25) is 9.69 Å². The van der Waals surface area contributed by atoms with Gasteiger partial charge >= 0.3 is 0 Å². The van der Waals surface area contributed by atoms with Crippen LogP contribution in [0.3, 0.4) is 0 Å². The number of amides is 1. The molecule has 1 aliphatic rings. The van der Waals surface area contributed by atoms with E-state index in [0.29, 0.717) is 6.54 Å². The lowest BCUT2D eigenvalue weighted by Crippen LogP contribution is -2.46. The van der Waals surface area contributed by atoms with Gasteiger partial charge in [-0.2, -0.15) is 0 Å². The standard InChI is InChI=1S/C21H27N3O/c1-3-22-21(25)19-10-8-18(9-11-19)16-23-12-14-24(15-13-23)20-7-5-4-6-17(20)2/h4-11H,3,12-16H2,1-2H3,(H,22,25). The fraction of sp³-hybridized carbons (Fsp3) is 0.381. The van der Waals surface area contributed by atoms with Gasteiger partial charge in [0, 0.05) is 50.5 Å². The smallest absolute Gasteiger partial charge is 0.251 e. The molecule has 3 rings (SSSR count). The number of carbonyl (C=O) groups is 1. The quantitative estimate of drug-likeness (QED) is 0.911. The zero-order valence-corrected chi connectivity index (χ0v) is 15.2. The van der Waals surface area contributed by atoms with Crippen LogP contribution in [0.5, 0.6) is 0 Å². The molecule has 0 spiro atoms. The summed E-state index contributed by atoms with van der Waals surface area (Å²) in [4.78, 5) is 16.8. The molecule has 0 unspecified atom stereocenters. The summed E-state index contributed by atoms with van der Waals surface area (Å²) in [5, 5.41) is 2.83. The summed E-state index contributed by atoms with van der Waals surface area (Å²) >= 11 is 0. The molecule has 1 amide bonds. The number of hydrogen-bond donors (Lipinski definition) is 1. The van der Waals surface area contributed by atoms with E-state index in [1.54, 1.807) is 0 Å². The van der Waals surface area contributed by atoms with Crippen LogP contribution in [0.15, 0.2) is 48.5 Å². The minimum atomic E-state index is 0.000829. The van der Waals surface area contributed by atoms with Crippen LogP contribution in [-0.4, -0.2) is 43.5 Å².